The minimum absolute atomic E-state index is 0.120. The summed E-state index contributed by atoms with van der Waals surface area (Å²) in [5.74, 6) is 6.10. The normalized spacial score (nSPS) is 11.7. The van der Waals surface area contributed by atoms with E-state index < -0.39 is 0 Å². The van der Waals surface area contributed by atoms with E-state index in [4.69, 9.17) is 22.1 Å². The zero-order valence-electron chi connectivity index (χ0n) is 13.7. The van der Waals surface area contributed by atoms with Crippen LogP contribution < -0.4 is 11.2 Å². The standard InChI is InChI=1S/C17H12ClN7O2/c18-10-2-1-3-11(8-10)20-15-14(21-16-17(22-15)25-27-24-16)13(23-19)9-4-6-12(26)7-5-9/h1-8,26H,19H2,(H,20,22,25). The number of aromatic hydroxyl groups is 1. The highest BCUT2D eigenvalue weighted by molar-refractivity contribution is 6.30. The van der Waals surface area contributed by atoms with Gasteiger partial charge in [-0.25, -0.2) is 14.6 Å². The van der Waals surface area contributed by atoms with Gasteiger partial charge in [0.1, 0.15) is 17.2 Å². The van der Waals surface area contributed by atoms with E-state index >= 15 is 0 Å². The van der Waals surface area contributed by atoms with Crippen molar-refractivity contribution in [2.45, 2.75) is 0 Å². The first kappa shape index (κ1) is 16.7. The van der Waals surface area contributed by atoms with Crippen LogP contribution in [0.25, 0.3) is 11.3 Å². The monoisotopic (exact) mass is 381 g/mol. The second-order valence-electron chi connectivity index (χ2n) is 5.49. The summed E-state index contributed by atoms with van der Waals surface area (Å²) in [6.45, 7) is 0. The minimum atomic E-state index is 0.120. The molecule has 0 fully saturated rings. The molecule has 0 aliphatic rings. The van der Waals surface area contributed by atoms with Gasteiger partial charge in [0, 0.05) is 16.3 Å². The van der Waals surface area contributed by atoms with Crippen LogP contribution >= 0.6 is 11.6 Å². The Morgan fingerprint density at radius 1 is 1.07 bits per heavy atom. The van der Waals surface area contributed by atoms with E-state index in [0.717, 1.165) is 0 Å². The average molecular weight is 382 g/mol. The number of hydrazone groups is 1. The molecule has 27 heavy (non-hydrogen) atoms. The van der Waals surface area contributed by atoms with Crippen molar-refractivity contribution >= 4 is 40.1 Å². The van der Waals surface area contributed by atoms with Gasteiger partial charge >= 0.3 is 0 Å². The van der Waals surface area contributed by atoms with Crippen LogP contribution in [0.3, 0.4) is 0 Å². The summed E-state index contributed by atoms with van der Waals surface area (Å²) in [6, 6.07) is 13.5. The summed E-state index contributed by atoms with van der Waals surface area (Å²) in [4.78, 5) is 8.83. The number of halogens is 1. The summed E-state index contributed by atoms with van der Waals surface area (Å²) in [7, 11) is 0. The van der Waals surface area contributed by atoms with Crippen LogP contribution in [-0.4, -0.2) is 31.1 Å². The molecule has 4 rings (SSSR count). The molecule has 10 heteroatoms. The van der Waals surface area contributed by atoms with Crippen LogP contribution in [0.15, 0.2) is 58.3 Å². The van der Waals surface area contributed by atoms with Gasteiger partial charge in [0.2, 0.25) is 11.3 Å². The number of aromatic nitrogens is 4. The minimum Gasteiger partial charge on any atom is -0.508 e. The van der Waals surface area contributed by atoms with E-state index in [1.165, 1.54) is 12.1 Å². The third-order valence-electron chi connectivity index (χ3n) is 3.70. The van der Waals surface area contributed by atoms with E-state index in [-0.39, 0.29) is 17.0 Å². The molecule has 0 aliphatic heterocycles. The number of phenolic OH excluding ortho intramolecular Hbond substituents is 1. The number of hydrogen-bond donors (Lipinski definition) is 3. The molecule has 0 unspecified atom stereocenters. The molecule has 0 spiro atoms. The smallest absolute Gasteiger partial charge is 0.245 e. The molecule has 0 aliphatic carbocycles. The quantitative estimate of drug-likeness (QED) is 0.279. The van der Waals surface area contributed by atoms with E-state index in [1.807, 2.05) is 6.07 Å². The number of anilines is 2. The van der Waals surface area contributed by atoms with Gasteiger partial charge in [0.15, 0.2) is 5.82 Å². The molecule has 9 nitrogen and oxygen atoms in total. The Morgan fingerprint density at radius 3 is 2.52 bits per heavy atom. The topological polar surface area (TPSA) is 135 Å². The first-order chi connectivity index (χ1) is 13.1. The van der Waals surface area contributed by atoms with Gasteiger partial charge in [0.25, 0.3) is 0 Å². The lowest BCUT2D eigenvalue weighted by Gasteiger charge is -2.12. The van der Waals surface area contributed by atoms with E-state index in [0.29, 0.717) is 33.5 Å². The molecule has 0 bridgehead atoms. The first-order valence-electron chi connectivity index (χ1n) is 7.74. The van der Waals surface area contributed by atoms with Crippen LogP contribution in [0.5, 0.6) is 5.75 Å². The van der Waals surface area contributed by atoms with Crippen molar-refractivity contribution in [1.29, 1.82) is 0 Å². The number of benzene rings is 2. The Balaban J connectivity index is 1.85. The lowest BCUT2D eigenvalue weighted by atomic mass is 10.1. The zero-order chi connectivity index (χ0) is 18.8. The lowest BCUT2D eigenvalue weighted by molar-refractivity contribution is 0.314. The highest BCUT2D eigenvalue weighted by atomic mass is 35.5. The second-order valence-corrected chi connectivity index (χ2v) is 5.93. The molecule has 134 valence electrons. The summed E-state index contributed by atoms with van der Waals surface area (Å²) in [6.07, 6.45) is 0. The number of rotatable bonds is 4. The Hall–Kier alpha value is -3.72. The van der Waals surface area contributed by atoms with Gasteiger partial charge in [-0.1, -0.05) is 17.7 Å². The Morgan fingerprint density at radius 2 is 1.81 bits per heavy atom. The molecule has 0 saturated heterocycles. The average Bonchev–Trinajstić information content (AvgIpc) is 3.11. The Bertz CT molecular complexity index is 1140. The van der Waals surface area contributed by atoms with Crippen LogP contribution in [0.2, 0.25) is 5.02 Å². The number of nitrogens with one attached hydrogen (secondary N) is 1. The molecule has 0 saturated carbocycles. The van der Waals surface area contributed by atoms with Gasteiger partial charge in [0.05, 0.1) is 0 Å². The van der Waals surface area contributed by atoms with E-state index in [1.54, 1.807) is 30.3 Å². The largest absolute Gasteiger partial charge is 0.508 e. The number of nitrogens with zero attached hydrogens (tertiary/aromatic N) is 5. The van der Waals surface area contributed by atoms with Gasteiger partial charge < -0.3 is 16.3 Å². The molecule has 0 amide bonds. The zero-order valence-corrected chi connectivity index (χ0v) is 14.4. The predicted octanol–water partition coefficient (Wildman–Crippen LogP) is 2.83. The fourth-order valence-corrected chi connectivity index (χ4v) is 2.68. The molecule has 2 aromatic carbocycles. The van der Waals surface area contributed by atoms with Crippen LogP contribution in [0, 0.1) is 0 Å². The van der Waals surface area contributed by atoms with Crippen molar-refractivity contribution < 1.29 is 9.74 Å². The molecular formula is C17H12ClN7O2. The number of phenols is 1. The van der Waals surface area contributed by atoms with Crippen molar-refractivity contribution in [2.75, 3.05) is 5.32 Å². The van der Waals surface area contributed by atoms with Crippen molar-refractivity contribution in [3.63, 3.8) is 0 Å². The lowest BCUT2D eigenvalue weighted by Crippen LogP contribution is -2.13. The van der Waals surface area contributed by atoms with Crippen molar-refractivity contribution in [1.82, 2.24) is 20.3 Å². The fraction of sp³-hybridized carbons (Fsp3) is 0. The summed E-state index contributed by atoms with van der Waals surface area (Å²) >= 11 is 6.05. The fourth-order valence-electron chi connectivity index (χ4n) is 2.48. The van der Waals surface area contributed by atoms with Gasteiger partial charge in [-0.3, -0.25) is 0 Å². The van der Waals surface area contributed by atoms with Crippen LogP contribution in [0.4, 0.5) is 11.5 Å². The maximum atomic E-state index is 9.52. The molecule has 2 heterocycles. The second kappa shape index (κ2) is 6.89. The van der Waals surface area contributed by atoms with Gasteiger partial charge in [-0.05, 0) is 52.8 Å². The van der Waals surface area contributed by atoms with Crippen molar-refractivity contribution in [3.8, 4) is 5.75 Å². The van der Waals surface area contributed by atoms with Gasteiger partial charge in [-0.2, -0.15) is 5.10 Å². The third kappa shape index (κ3) is 3.35. The molecule has 0 radical (unpaired) electrons. The molecule has 4 N–H and O–H groups in total. The van der Waals surface area contributed by atoms with E-state index in [2.05, 4.69) is 30.7 Å². The maximum Gasteiger partial charge on any atom is 0.245 e. The Kier molecular flexibility index (Phi) is 4.27. The molecule has 2 aromatic heterocycles. The third-order valence-corrected chi connectivity index (χ3v) is 3.93. The molecule has 4 aromatic rings. The van der Waals surface area contributed by atoms with Gasteiger partial charge in [-0.15, -0.1) is 0 Å². The number of nitrogens with two attached hydrogens (primary N) is 1. The summed E-state index contributed by atoms with van der Waals surface area (Å²) < 4.78 is 4.70. The van der Waals surface area contributed by atoms with Crippen LogP contribution in [-0.2, 0) is 0 Å². The molecule has 0 atom stereocenters. The number of fused-ring (bicyclic) bond motifs is 1. The highest BCUT2D eigenvalue weighted by Crippen LogP contribution is 2.25. The maximum absolute atomic E-state index is 9.52. The SMILES string of the molecule is NN=C(c1ccc(O)cc1)c1nc2nonc2nc1Nc1cccc(Cl)c1. The summed E-state index contributed by atoms with van der Waals surface area (Å²) in [5, 5.41) is 24.5. The van der Waals surface area contributed by atoms with Crippen molar-refractivity contribution in [2.24, 2.45) is 10.9 Å². The van der Waals surface area contributed by atoms with Crippen LogP contribution in [0.1, 0.15) is 11.3 Å². The highest BCUT2D eigenvalue weighted by Gasteiger charge is 2.19. The Labute approximate surface area is 157 Å². The summed E-state index contributed by atoms with van der Waals surface area (Å²) in [5.41, 5.74) is 2.45. The predicted molar refractivity (Wildman–Crippen MR) is 100 cm³/mol. The first-order valence-corrected chi connectivity index (χ1v) is 8.12. The number of hydrogen-bond acceptors (Lipinski definition) is 9. The van der Waals surface area contributed by atoms with Crippen molar-refractivity contribution in [3.05, 3.63) is 64.8 Å². The van der Waals surface area contributed by atoms with E-state index in [9.17, 15) is 5.11 Å². The molecular weight excluding hydrogens is 370 g/mol.